The van der Waals surface area contributed by atoms with Crippen molar-refractivity contribution in [2.24, 2.45) is 0 Å². The molecule has 0 aromatic heterocycles. The number of halogens is 2. The van der Waals surface area contributed by atoms with Gasteiger partial charge in [0.2, 0.25) is 10.0 Å². The number of carbonyl (C=O) groups is 1. The highest BCUT2D eigenvalue weighted by Gasteiger charge is 2.18. The Morgan fingerprint density at radius 2 is 1.55 bits per heavy atom. The van der Waals surface area contributed by atoms with Gasteiger partial charge in [0.15, 0.2) is 6.61 Å². The zero-order chi connectivity index (χ0) is 22.4. The third-order valence-corrected chi connectivity index (χ3v) is 5.43. The first kappa shape index (κ1) is 22.2. The van der Waals surface area contributed by atoms with Crippen LogP contribution in [0.5, 0.6) is 5.75 Å². The zero-order valence-electron chi connectivity index (χ0n) is 16.6. The SMILES string of the molecule is CS(=O)(=O)N(Cc1ccccc1)c1ccc(OCC(=O)Nc2c(F)cccc2F)cc1. The number of hydrogen-bond acceptors (Lipinski definition) is 4. The average Bonchev–Trinajstić information content (AvgIpc) is 2.74. The zero-order valence-corrected chi connectivity index (χ0v) is 17.4. The molecule has 0 aliphatic carbocycles. The van der Waals surface area contributed by atoms with E-state index < -0.39 is 39.9 Å². The summed E-state index contributed by atoms with van der Waals surface area (Å²) in [5, 5.41) is 2.12. The molecule has 3 aromatic carbocycles. The minimum atomic E-state index is -3.54. The van der Waals surface area contributed by atoms with Crippen molar-refractivity contribution >= 4 is 27.3 Å². The quantitative estimate of drug-likeness (QED) is 0.569. The first-order valence-electron chi connectivity index (χ1n) is 9.22. The third kappa shape index (κ3) is 6.02. The van der Waals surface area contributed by atoms with E-state index in [9.17, 15) is 22.0 Å². The smallest absolute Gasteiger partial charge is 0.262 e. The number of hydrogen-bond donors (Lipinski definition) is 1. The number of benzene rings is 3. The maximum absolute atomic E-state index is 13.6. The van der Waals surface area contributed by atoms with Gasteiger partial charge in [0.1, 0.15) is 23.1 Å². The number of nitrogens with one attached hydrogen (secondary N) is 1. The summed E-state index contributed by atoms with van der Waals surface area (Å²) in [5.41, 5.74) is 0.707. The molecule has 6 nitrogen and oxygen atoms in total. The third-order valence-electron chi connectivity index (χ3n) is 4.29. The van der Waals surface area contributed by atoms with E-state index in [2.05, 4.69) is 5.32 Å². The van der Waals surface area contributed by atoms with Crippen LogP contribution >= 0.6 is 0 Å². The standard InChI is InChI=1S/C22H20F2N2O4S/c1-31(28,29)26(14-16-6-3-2-4-7-16)17-10-12-18(13-11-17)30-15-21(27)25-22-19(23)8-5-9-20(22)24/h2-13H,14-15H2,1H3,(H,25,27). The lowest BCUT2D eigenvalue weighted by atomic mass is 10.2. The Hall–Kier alpha value is -3.46. The number of carbonyl (C=O) groups excluding carboxylic acids is 1. The van der Waals surface area contributed by atoms with Crippen LogP contribution in [0.25, 0.3) is 0 Å². The molecule has 0 spiro atoms. The molecule has 162 valence electrons. The molecule has 0 saturated carbocycles. The summed E-state index contributed by atoms with van der Waals surface area (Å²) in [4.78, 5) is 11.9. The molecular weight excluding hydrogens is 426 g/mol. The van der Waals surface area contributed by atoms with Gasteiger partial charge in [0.25, 0.3) is 5.91 Å². The van der Waals surface area contributed by atoms with Crippen molar-refractivity contribution in [2.75, 3.05) is 22.5 Å². The van der Waals surface area contributed by atoms with E-state index in [-0.39, 0.29) is 6.54 Å². The fourth-order valence-corrected chi connectivity index (χ4v) is 3.69. The Bertz CT molecular complexity index is 1130. The van der Waals surface area contributed by atoms with E-state index >= 15 is 0 Å². The van der Waals surface area contributed by atoms with Crippen molar-refractivity contribution < 1.29 is 26.7 Å². The lowest BCUT2D eigenvalue weighted by molar-refractivity contribution is -0.118. The van der Waals surface area contributed by atoms with Crippen molar-refractivity contribution in [2.45, 2.75) is 6.54 Å². The predicted molar refractivity (Wildman–Crippen MR) is 114 cm³/mol. The summed E-state index contributed by atoms with van der Waals surface area (Å²) in [6.07, 6.45) is 1.12. The lowest BCUT2D eigenvalue weighted by Gasteiger charge is -2.22. The van der Waals surface area contributed by atoms with Crippen LogP contribution in [0.15, 0.2) is 72.8 Å². The lowest BCUT2D eigenvalue weighted by Crippen LogP contribution is -2.29. The van der Waals surface area contributed by atoms with Gasteiger partial charge in [0, 0.05) is 0 Å². The summed E-state index contributed by atoms with van der Waals surface area (Å²) in [6, 6.07) is 18.5. The fraction of sp³-hybridized carbons (Fsp3) is 0.136. The van der Waals surface area contributed by atoms with E-state index in [1.807, 2.05) is 30.3 Å². The van der Waals surface area contributed by atoms with Gasteiger partial charge in [-0.05, 0) is 42.0 Å². The highest BCUT2D eigenvalue weighted by Crippen LogP contribution is 2.24. The number of ether oxygens (including phenoxy) is 1. The highest BCUT2D eigenvalue weighted by atomic mass is 32.2. The van der Waals surface area contributed by atoms with Gasteiger partial charge in [-0.2, -0.15) is 0 Å². The molecule has 31 heavy (non-hydrogen) atoms. The van der Waals surface area contributed by atoms with E-state index in [0.717, 1.165) is 24.0 Å². The fourth-order valence-electron chi connectivity index (χ4n) is 2.80. The van der Waals surface area contributed by atoms with Gasteiger partial charge in [-0.1, -0.05) is 36.4 Å². The van der Waals surface area contributed by atoms with Crippen LogP contribution < -0.4 is 14.4 Å². The second kappa shape index (κ2) is 9.57. The Morgan fingerprint density at radius 3 is 2.13 bits per heavy atom. The van der Waals surface area contributed by atoms with Gasteiger partial charge in [-0.3, -0.25) is 9.10 Å². The van der Waals surface area contributed by atoms with Crippen molar-refractivity contribution in [3.8, 4) is 5.75 Å². The number of amides is 1. The van der Waals surface area contributed by atoms with Gasteiger partial charge < -0.3 is 10.1 Å². The minimum absolute atomic E-state index is 0.163. The maximum Gasteiger partial charge on any atom is 0.262 e. The number of rotatable bonds is 8. The number of sulfonamides is 1. The Balaban J connectivity index is 1.65. The summed E-state index contributed by atoms with van der Waals surface area (Å²) in [6.45, 7) is -0.316. The van der Waals surface area contributed by atoms with E-state index in [0.29, 0.717) is 11.4 Å². The monoisotopic (exact) mass is 446 g/mol. The molecule has 0 atom stereocenters. The first-order valence-corrected chi connectivity index (χ1v) is 11.1. The van der Waals surface area contributed by atoms with E-state index in [1.54, 1.807) is 12.1 Å². The van der Waals surface area contributed by atoms with Crippen LogP contribution in [0.2, 0.25) is 0 Å². The van der Waals surface area contributed by atoms with Crippen molar-refractivity contribution in [1.82, 2.24) is 0 Å². The number of anilines is 2. The summed E-state index contributed by atoms with van der Waals surface area (Å²) < 4.78 is 58.3. The maximum atomic E-state index is 13.6. The van der Waals surface area contributed by atoms with Gasteiger partial charge in [-0.15, -0.1) is 0 Å². The Kier molecular flexibility index (Phi) is 6.86. The summed E-state index contributed by atoms with van der Waals surface area (Å²) in [5.74, 6) is -2.23. The molecule has 0 radical (unpaired) electrons. The molecule has 1 amide bonds. The Labute approximate surface area is 179 Å². The molecule has 1 N–H and O–H groups in total. The summed E-state index contributed by atoms with van der Waals surface area (Å²) in [7, 11) is -3.54. The summed E-state index contributed by atoms with van der Waals surface area (Å²) >= 11 is 0. The topological polar surface area (TPSA) is 75.7 Å². The van der Waals surface area contributed by atoms with Crippen molar-refractivity contribution in [3.63, 3.8) is 0 Å². The molecule has 0 saturated heterocycles. The van der Waals surface area contributed by atoms with Crippen LogP contribution in [-0.2, 0) is 21.4 Å². The molecule has 3 aromatic rings. The molecule has 0 bridgehead atoms. The van der Waals surface area contributed by atoms with Crippen molar-refractivity contribution in [3.05, 3.63) is 90.0 Å². The van der Waals surface area contributed by atoms with Crippen LogP contribution in [-0.4, -0.2) is 27.2 Å². The molecule has 0 unspecified atom stereocenters. The van der Waals surface area contributed by atoms with E-state index in [1.165, 1.54) is 22.5 Å². The second-order valence-corrected chi connectivity index (χ2v) is 8.59. The van der Waals surface area contributed by atoms with Gasteiger partial charge >= 0.3 is 0 Å². The normalized spacial score (nSPS) is 11.1. The predicted octanol–water partition coefficient (Wildman–Crippen LogP) is 3.95. The van der Waals surface area contributed by atoms with Crippen LogP contribution in [0, 0.1) is 11.6 Å². The molecule has 0 aliphatic heterocycles. The largest absolute Gasteiger partial charge is 0.484 e. The van der Waals surface area contributed by atoms with E-state index in [4.69, 9.17) is 4.74 Å². The number of nitrogens with zero attached hydrogens (tertiary/aromatic N) is 1. The van der Waals surface area contributed by atoms with Gasteiger partial charge in [-0.25, -0.2) is 17.2 Å². The highest BCUT2D eigenvalue weighted by molar-refractivity contribution is 7.92. The van der Waals surface area contributed by atoms with Crippen LogP contribution in [0.1, 0.15) is 5.56 Å². The molecule has 0 aliphatic rings. The Morgan fingerprint density at radius 1 is 0.935 bits per heavy atom. The van der Waals surface area contributed by atoms with Crippen LogP contribution in [0.3, 0.4) is 0 Å². The minimum Gasteiger partial charge on any atom is -0.484 e. The molecular formula is C22H20F2N2O4S. The number of para-hydroxylation sites is 1. The first-order chi connectivity index (χ1) is 14.7. The second-order valence-electron chi connectivity index (χ2n) is 6.68. The average molecular weight is 446 g/mol. The van der Waals surface area contributed by atoms with Crippen LogP contribution in [0.4, 0.5) is 20.2 Å². The molecule has 0 heterocycles. The van der Waals surface area contributed by atoms with Gasteiger partial charge in [0.05, 0.1) is 18.5 Å². The van der Waals surface area contributed by atoms with Crippen molar-refractivity contribution in [1.29, 1.82) is 0 Å². The molecule has 0 fully saturated rings. The molecule has 3 rings (SSSR count). The molecule has 9 heteroatoms.